The highest BCUT2D eigenvalue weighted by atomic mass is 35.5. The van der Waals surface area contributed by atoms with E-state index < -0.39 is 16.0 Å². The number of ether oxygens (including phenoxy) is 1. The first-order chi connectivity index (χ1) is 13.3. The van der Waals surface area contributed by atoms with Gasteiger partial charge in [-0.1, -0.05) is 11.6 Å². The minimum Gasteiger partial charge on any atom is -0.422 e. The second kappa shape index (κ2) is 7.95. The predicted octanol–water partition coefficient (Wildman–Crippen LogP) is 3.48. The summed E-state index contributed by atoms with van der Waals surface area (Å²) in [4.78, 5) is 20.1. The third-order valence-corrected chi connectivity index (χ3v) is 5.92. The molecule has 0 aliphatic heterocycles. The first-order valence-corrected chi connectivity index (χ1v) is 9.94. The van der Waals surface area contributed by atoms with Crippen LogP contribution in [0.2, 0.25) is 5.02 Å². The van der Waals surface area contributed by atoms with E-state index in [-0.39, 0.29) is 16.3 Å². The van der Waals surface area contributed by atoms with Gasteiger partial charge in [0.2, 0.25) is 0 Å². The highest BCUT2D eigenvalue weighted by molar-refractivity contribution is 7.92. The molecule has 0 aliphatic carbocycles. The van der Waals surface area contributed by atoms with Crippen LogP contribution in [0.5, 0.6) is 5.75 Å². The molecule has 0 unspecified atom stereocenters. The van der Waals surface area contributed by atoms with Crippen LogP contribution < -0.4 is 9.04 Å². The normalized spacial score (nSPS) is 11.1. The van der Waals surface area contributed by atoms with Gasteiger partial charge in [0.05, 0.1) is 22.5 Å². The number of anilines is 1. The highest BCUT2D eigenvalue weighted by Gasteiger charge is 2.21. The molecule has 1 heterocycles. The van der Waals surface area contributed by atoms with Crippen LogP contribution in [0, 0.1) is 6.92 Å². The summed E-state index contributed by atoms with van der Waals surface area (Å²) < 4.78 is 31.8. The van der Waals surface area contributed by atoms with Crippen molar-refractivity contribution < 1.29 is 17.9 Å². The maximum absolute atomic E-state index is 12.7. The first-order valence-electron chi connectivity index (χ1n) is 8.13. The van der Waals surface area contributed by atoms with Gasteiger partial charge < -0.3 is 4.74 Å². The molecule has 3 aromatic rings. The largest absolute Gasteiger partial charge is 0.422 e. The quantitative estimate of drug-likeness (QED) is 0.466. The third-order valence-electron chi connectivity index (χ3n) is 3.87. The van der Waals surface area contributed by atoms with E-state index >= 15 is 0 Å². The van der Waals surface area contributed by atoms with Gasteiger partial charge in [-0.2, -0.15) is 0 Å². The zero-order valence-corrected chi connectivity index (χ0v) is 16.6. The molecule has 0 radical (unpaired) electrons. The topological polar surface area (TPSA) is 89.5 Å². The number of aromatic nitrogens is 2. The lowest BCUT2D eigenvalue weighted by Gasteiger charge is -2.19. The van der Waals surface area contributed by atoms with Crippen molar-refractivity contribution in [3.63, 3.8) is 0 Å². The fourth-order valence-corrected chi connectivity index (χ4v) is 3.61. The summed E-state index contributed by atoms with van der Waals surface area (Å²) in [6, 6.07) is 12.0. The number of hydrogen-bond acceptors (Lipinski definition) is 6. The molecule has 0 fully saturated rings. The van der Waals surface area contributed by atoms with Crippen LogP contribution in [-0.4, -0.2) is 31.4 Å². The van der Waals surface area contributed by atoms with Gasteiger partial charge in [-0.3, -0.25) is 9.29 Å². The standard InChI is InChI=1S/C19H16ClN3O4S/c1-13-11-22-18(12-21-13)19(24)27-16-7-5-15(6-8-16)23(2)28(25,26)17-9-3-14(20)4-10-17/h3-12H,1-2H3. The van der Waals surface area contributed by atoms with Gasteiger partial charge in [0, 0.05) is 18.3 Å². The number of carbonyl (C=O) groups excluding carboxylic acids is 1. The van der Waals surface area contributed by atoms with E-state index in [2.05, 4.69) is 9.97 Å². The lowest BCUT2D eigenvalue weighted by Crippen LogP contribution is -2.26. The number of aryl methyl sites for hydroxylation is 1. The molecule has 28 heavy (non-hydrogen) atoms. The second-order valence-corrected chi connectivity index (χ2v) is 8.26. The number of sulfonamides is 1. The molecule has 0 spiro atoms. The first kappa shape index (κ1) is 19.8. The van der Waals surface area contributed by atoms with E-state index in [1.165, 1.54) is 68.0 Å². The Hall–Kier alpha value is -2.97. The summed E-state index contributed by atoms with van der Waals surface area (Å²) in [6.07, 6.45) is 2.80. The molecule has 0 saturated carbocycles. The van der Waals surface area contributed by atoms with Gasteiger partial charge in [0.25, 0.3) is 10.0 Å². The average molecular weight is 418 g/mol. The van der Waals surface area contributed by atoms with Crippen LogP contribution in [0.4, 0.5) is 5.69 Å². The van der Waals surface area contributed by atoms with Crippen molar-refractivity contribution in [2.24, 2.45) is 0 Å². The van der Waals surface area contributed by atoms with E-state index in [9.17, 15) is 13.2 Å². The molecule has 0 atom stereocenters. The third kappa shape index (κ3) is 4.29. The van der Waals surface area contributed by atoms with E-state index in [1.54, 1.807) is 6.92 Å². The molecule has 144 valence electrons. The van der Waals surface area contributed by atoms with Gasteiger partial charge in [0.15, 0.2) is 5.69 Å². The molecular weight excluding hydrogens is 402 g/mol. The molecule has 1 aromatic heterocycles. The van der Waals surface area contributed by atoms with Crippen molar-refractivity contribution in [1.29, 1.82) is 0 Å². The number of carbonyl (C=O) groups is 1. The van der Waals surface area contributed by atoms with E-state index in [4.69, 9.17) is 16.3 Å². The molecule has 0 N–H and O–H groups in total. The number of halogens is 1. The lowest BCUT2D eigenvalue weighted by molar-refractivity contribution is 0.0728. The molecule has 7 nitrogen and oxygen atoms in total. The number of benzene rings is 2. The van der Waals surface area contributed by atoms with Crippen LogP contribution in [-0.2, 0) is 10.0 Å². The Labute approximate surface area is 167 Å². The number of rotatable bonds is 5. The predicted molar refractivity (Wildman–Crippen MR) is 105 cm³/mol. The minimum absolute atomic E-state index is 0.0807. The Morgan fingerprint density at radius 1 is 1.00 bits per heavy atom. The van der Waals surface area contributed by atoms with Crippen LogP contribution in [0.1, 0.15) is 16.2 Å². The van der Waals surface area contributed by atoms with Gasteiger partial charge in [-0.15, -0.1) is 0 Å². The number of esters is 1. The van der Waals surface area contributed by atoms with Crippen LogP contribution in [0.25, 0.3) is 0 Å². The SMILES string of the molecule is Cc1cnc(C(=O)Oc2ccc(N(C)S(=O)(=O)c3ccc(Cl)cc3)cc2)cn1. The molecule has 0 amide bonds. The number of hydrogen-bond donors (Lipinski definition) is 0. The Morgan fingerprint density at radius 2 is 1.64 bits per heavy atom. The summed E-state index contributed by atoms with van der Waals surface area (Å²) in [5, 5.41) is 0.450. The Kier molecular flexibility index (Phi) is 5.62. The van der Waals surface area contributed by atoms with Crippen molar-refractivity contribution in [3.05, 3.63) is 77.3 Å². The van der Waals surface area contributed by atoms with Crippen molar-refractivity contribution in [1.82, 2.24) is 9.97 Å². The Morgan fingerprint density at radius 3 is 2.21 bits per heavy atom. The summed E-state index contributed by atoms with van der Waals surface area (Å²) in [7, 11) is -2.31. The highest BCUT2D eigenvalue weighted by Crippen LogP contribution is 2.25. The molecule has 0 aliphatic rings. The second-order valence-electron chi connectivity index (χ2n) is 5.85. The smallest absolute Gasteiger partial charge is 0.363 e. The van der Waals surface area contributed by atoms with Crippen molar-refractivity contribution >= 4 is 33.3 Å². The summed E-state index contributed by atoms with van der Waals surface area (Å²) in [5.74, 6) is -0.393. The lowest BCUT2D eigenvalue weighted by atomic mass is 10.3. The summed E-state index contributed by atoms with van der Waals surface area (Å²) in [6.45, 7) is 1.76. The van der Waals surface area contributed by atoms with E-state index in [0.717, 1.165) is 4.31 Å². The van der Waals surface area contributed by atoms with Crippen LogP contribution in [0.3, 0.4) is 0 Å². The maximum Gasteiger partial charge on any atom is 0.363 e. The van der Waals surface area contributed by atoms with Crippen molar-refractivity contribution in [3.8, 4) is 5.75 Å². The zero-order chi connectivity index (χ0) is 20.3. The summed E-state index contributed by atoms with van der Waals surface area (Å²) in [5.41, 5.74) is 1.17. The Balaban J connectivity index is 1.75. The molecule has 0 saturated heterocycles. The van der Waals surface area contributed by atoms with Crippen molar-refractivity contribution in [2.45, 2.75) is 11.8 Å². The maximum atomic E-state index is 12.7. The zero-order valence-electron chi connectivity index (χ0n) is 15.0. The van der Waals surface area contributed by atoms with Crippen LogP contribution >= 0.6 is 11.6 Å². The van der Waals surface area contributed by atoms with Gasteiger partial charge in [0.1, 0.15) is 5.75 Å². The van der Waals surface area contributed by atoms with Gasteiger partial charge in [-0.25, -0.2) is 18.2 Å². The monoisotopic (exact) mass is 417 g/mol. The number of nitrogens with zero attached hydrogens (tertiary/aromatic N) is 3. The fraction of sp³-hybridized carbons (Fsp3) is 0.105. The molecule has 2 aromatic carbocycles. The molecular formula is C19H16ClN3O4S. The van der Waals surface area contributed by atoms with Gasteiger partial charge in [-0.05, 0) is 55.5 Å². The van der Waals surface area contributed by atoms with Gasteiger partial charge >= 0.3 is 5.97 Å². The van der Waals surface area contributed by atoms with E-state index in [1.807, 2.05) is 0 Å². The Bertz CT molecular complexity index is 1080. The molecule has 0 bridgehead atoms. The minimum atomic E-state index is -3.74. The van der Waals surface area contributed by atoms with Crippen LogP contribution in [0.15, 0.2) is 65.8 Å². The average Bonchev–Trinajstić information content (AvgIpc) is 2.69. The molecule has 9 heteroatoms. The molecule has 3 rings (SSSR count). The fourth-order valence-electron chi connectivity index (χ4n) is 2.28. The van der Waals surface area contributed by atoms with E-state index in [0.29, 0.717) is 16.4 Å². The summed E-state index contributed by atoms with van der Waals surface area (Å²) >= 11 is 5.81. The van der Waals surface area contributed by atoms with Crippen molar-refractivity contribution in [2.75, 3.05) is 11.4 Å².